The zero-order valence-corrected chi connectivity index (χ0v) is 41.2. The minimum Gasteiger partial charge on any atom is -0.459 e. The molecule has 2 N–H and O–H groups in total. The van der Waals surface area contributed by atoms with Crippen molar-refractivity contribution >= 4 is 35.7 Å². The topological polar surface area (TPSA) is 172 Å². The molecule has 0 spiro atoms. The third-order valence-electron chi connectivity index (χ3n) is 18.8. The molecule has 7 atom stereocenters. The van der Waals surface area contributed by atoms with Gasteiger partial charge in [0.2, 0.25) is 11.8 Å². The number of carbonyl (C=O) groups is 6. The maximum atomic E-state index is 12.6. The quantitative estimate of drug-likeness (QED) is 0.115. The number of hydrogen-bond donors (Lipinski definition) is 2. The third-order valence-corrected chi connectivity index (χ3v) is 18.8. The SMILES string of the molecule is C.C.C.C.C.C.CCC(C)(C)C(=O)OC(C)(C)C12CC3CC(CC(C3)C1)C2.CCC(C)(C)C(=O)OC12CC3CC(CC(O)(C3)C1)C2.CCC(C)(C)C(=O)OC1C2CC3C1OC(=O)C3(C(=O)NC(C)=O)C2. The summed E-state index contributed by atoms with van der Waals surface area (Å²) in [4.78, 5) is 73.3. The minimum absolute atomic E-state index is 0. The summed E-state index contributed by atoms with van der Waals surface area (Å²) in [6.07, 6.45) is 15.8. The van der Waals surface area contributed by atoms with E-state index < -0.39 is 51.8 Å². The molecule has 11 fully saturated rings. The lowest BCUT2D eigenvalue weighted by molar-refractivity contribution is -0.225. The van der Waals surface area contributed by atoms with Gasteiger partial charge in [0, 0.05) is 30.6 Å². The number of ether oxygens (including phenoxy) is 4. The molecule has 12 heteroatoms. The number of amides is 2. The van der Waals surface area contributed by atoms with E-state index in [9.17, 15) is 33.9 Å². The summed E-state index contributed by atoms with van der Waals surface area (Å²) in [5.74, 6) is 1.28. The Bertz CT molecular complexity index is 1830. The first-order valence-electron chi connectivity index (χ1n) is 25.0. The Hall–Kier alpha value is -3.02. The zero-order valence-electron chi connectivity index (χ0n) is 41.2. The normalized spacial score (nSPS) is 36.1. The van der Waals surface area contributed by atoms with Crippen LogP contribution in [0.4, 0.5) is 0 Å². The van der Waals surface area contributed by atoms with E-state index in [-0.39, 0.29) is 103 Å². The molecule has 10 bridgehead atoms. The van der Waals surface area contributed by atoms with Crippen LogP contribution in [0.1, 0.15) is 237 Å². The molecular formula is C58H105NO11. The van der Waals surface area contributed by atoms with Gasteiger partial charge in [-0.05, 0) is 188 Å². The highest BCUT2D eigenvalue weighted by Crippen LogP contribution is 2.65. The van der Waals surface area contributed by atoms with E-state index in [1.807, 2.05) is 55.4 Å². The van der Waals surface area contributed by atoms with Crippen LogP contribution in [0.5, 0.6) is 0 Å². The molecule has 7 unspecified atom stereocenters. The second-order valence-corrected chi connectivity index (χ2v) is 25.1. The zero-order chi connectivity index (χ0) is 47.2. The Kier molecular flexibility index (Phi) is 20.6. The largest absolute Gasteiger partial charge is 0.459 e. The Morgan fingerprint density at radius 1 is 0.629 bits per heavy atom. The summed E-state index contributed by atoms with van der Waals surface area (Å²) in [5, 5.41) is 12.9. The molecule has 0 aromatic heterocycles. The van der Waals surface area contributed by atoms with Gasteiger partial charge in [-0.25, -0.2) is 0 Å². The third kappa shape index (κ3) is 11.7. The molecule has 11 rings (SSSR count). The second kappa shape index (κ2) is 22.2. The number of nitrogens with one attached hydrogen (secondary N) is 1. The van der Waals surface area contributed by atoms with Crippen LogP contribution in [0.3, 0.4) is 0 Å². The average Bonchev–Trinajstić information content (AvgIpc) is 3.79. The van der Waals surface area contributed by atoms with Gasteiger partial charge in [-0.1, -0.05) is 65.3 Å². The van der Waals surface area contributed by atoms with E-state index in [4.69, 9.17) is 18.9 Å². The van der Waals surface area contributed by atoms with Gasteiger partial charge in [-0.3, -0.25) is 34.1 Å². The molecule has 10 aliphatic carbocycles. The molecule has 0 aromatic carbocycles. The molecule has 1 heterocycles. The summed E-state index contributed by atoms with van der Waals surface area (Å²) in [6.45, 7) is 23.1. The summed E-state index contributed by atoms with van der Waals surface area (Å²) < 4.78 is 23.2. The van der Waals surface area contributed by atoms with Crippen molar-refractivity contribution in [2.45, 2.75) is 266 Å². The molecule has 12 nitrogen and oxygen atoms in total. The first kappa shape index (κ1) is 65.0. The fraction of sp³-hybridized carbons (Fsp3) is 0.897. The van der Waals surface area contributed by atoms with Crippen LogP contribution in [-0.2, 0) is 47.7 Å². The number of rotatable bonds is 11. The van der Waals surface area contributed by atoms with Gasteiger partial charge < -0.3 is 24.1 Å². The molecule has 10 saturated carbocycles. The van der Waals surface area contributed by atoms with Crippen molar-refractivity contribution in [1.29, 1.82) is 0 Å². The summed E-state index contributed by atoms with van der Waals surface area (Å²) in [7, 11) is 0. The smallest absolute Gasteiger partial charge is 0.322 e. The highest BCUT2D eigenvalue weighted by atomic mass is 16.6. The molecular weight excluding hydrogens is 887 g/mol. The van der Waals surface area contributed by atoms with E-state index in [0.29, 0.717) is 31.1 Å². The fourth-order valence-electron chi connectivity index (χ4n) is 14.4. The fourth-order valence-corrected chi connectivity index (χ4v) is 14.4. The molecule has 1 aliphatic heterocycles. The molecule has 408 valence electrons. The van der Waals surface area contributed by atoms with Crippen LogP contribution >= 0.6 is 0 Å². The van der Waals surface area contributed by atoms with E-state index >= 15 is 0 Å². The van der Waals surface area contributed by atoms with Gasteiger partial charge in [0.25, 0.3) is 0 Å². The highest BCUT2D eigenvalue weighted by molar-refractivity contribution is 6.10. The highest BCUT2D eigenvalue weighted by Gasteiger charge is 2.75. The summed E-state index contributed by atoms with van der Waals surface area (Å²) in [5.41, 5.74) is -3.65. The van der Waals surface area contributed by atoms with E-state index in [1.165, 1.54) is 51.9 Å². The average molecular weight is 992 g/mol. The van der Waals surface area contributed by atoms with Gasteiger partial charge in [-0.2, -0.15) is 0 Å². The molecule has 0 aromatic rings. The monoisotopic (exact) mass is 992 g/mol. The van der Waals surface area contributed by atoms with Gasteiger partial charge in [0.15, 0.2) is 5.41 Å². The van der Waals surface area contributed by atoms with Gasteiger partial charge in [0.1, 0.15) is 23.4 Å². The van der Waals surface area contributed by atoms with Gasteiger partial charge in [0.05, 0.1) is 21.8 Å². The van der Waals surface area contributed by atoms with E-state index in [1.54, 1.807) is 0 Å². The molecule has 2 amide bonds. The number of aliphatic hydroxyl groups is 1. The van der Waals surface area contributed by atoms with Crippen LogP contribution < -0.4 is 5.32 Å². The number of hydrogen-bond acceptors (Lipinski definition) is 11. The Morgan fingerprint density at radius 2 is 1.07 bits per heavy atom. The van der Waals surface area contributed by atoms with Crippen molar-refractivity contribution in [2.75, 3.05) is 0 Å². The second-order valence-electron chi connectivity index (χ2n) is 25.1. The van der Waals surface area contributed by atoms with Gasteiger partial charge in [-0.15, -0.1) is 0 Å². The Balaban J connectivity index is 0.000000506. The Labute approximate surface area is 426 Å². The molecule has 1 saturated heterocycles. The van der Waals surface area contributed by atoms with Crippen molar-refractivity contribution in [3.05, 3.63) is 0 Å². The summed E-state index contributed by atoms with van der Waals surface area (Å²) >= 11 is 0. The standard InChI is InChI=1S/C19H32O2.C17H23NO6.C16H26O3.6CH4/c1-6-17(2,3)16(20)21-18(4,5)19-10-13-7-14(11-19)9-15(8-13)12-19;1-5-16(3,4)14(21)23-11-9-6-10-12(11)24-15(22)17(10,7-9)13(20)18-8(2)19;1-4-14(2,3)13(17)19-16-8-11-5-12(9-16)7-15(18,6-11)10-16;;;;;;/h13-15H,6-12H2,1-5H3;9-12H,5-7H2,1-4H3,(H,18,19,20);11-12,18H,4-10H2,1-3H3;6*1H4. The van der Waals surface area contributed by atoms with Crippen LogP contribution in [-0.4, -0.2) is 69.8 Å². The van der Waals surface area contributed by atoms with E-state index in [0.717, 1.165) is 56.3 Å². The molecule has 11 aliphatic rings. The lowest BCUT2D eigenvalue weighted by Crippen LogP contribution is -2.61. The van der Waals surface area contributed by atoms with Crippen molar-refractivity contribution in [3.8, 4) is 0 Å². The number of fused-ring (bicyclic) bond motifs is 1. The first-order chi connectivity index (χ1) is 29.6. The maximum absolute atomic E-state index is 12.6. The van der Waals surface area contributed by atoms with Gasteiger partial charge >= 0.3 is 23.9 Å². The first-order valence-corrected chi connectivity index (χ1v) is 25.0. The molecule has 0 radical (unpaired) electrons. The Morgan fingerprint density at radius 3 is 1.51 bits per heavy atom. The van der Waals surface area contributed by atoms with Crippen molar-refractivity contribution < 1.29 is 52.8 Å². The van der Waals surface area contributed by atoms with Crippen LogP contribution in [0.25, 0.3) is 0 Å². The molecule has 70 heavy (non-hydrogen) atoms. The van der Waals surface area contributed by atoms with Crippen molar-refractivity contribution in [3.63, 3.8) is 0 Å². The number of esters is 4. The van der Waals surface area contributed by atoms with Crippen LogP contribution in [0.15, 0.2) is 0 Å². The predicted molar refractivity (Wildman–Crippen MR) is 279 cm³/mol. The minimum atomic E-state index is -1.30. The van der Waals surface area contributed by atoms with E-state index in [2.05, 4.69) is 26.1 Å². The number of carbonyl (C=O) groups excluding carboxylic acids is 6. The maximum Gasteiger partial charge on any atom is 0.322 e. The van der Waals surface area contributed by atoms with Crippen molar-refractivity contribution in [1.82, 2.24) is 5.32 Å². The lowest BCUT2D eigenvalue weighted by atomic mass is 9.46. The number of imide groups is 1. The summed E-state index contributed by atoms with van der Waals surface area (Å²) in [6, 6.07) is 0. The lowest BCUT2D eigenvalue weighted by Gasteiger charge is -2.61. The van der Waals surface area contributed by atoms with Crippen LogP contribution in [0.2, 0.25) is 0 Å². The van der Waals surface area contributed by atoms with Crippen LogP contribution in [0, 0.1) is 68.5 Å². The van der Waals surface area contributed by atoms with Crippen molar-refractivity contribution in [2.24, 2.45) is 68.5 Å². The predicted octanol–water partition coefficient (Wildman–Crippen LogP) is 12.8.